The largest absolute Gasteiger partial charge is 0.399 e. The molecule has 0 atom stereocenters. The van der Waals surface area contributed by atoms with Gasteiger partial charge in [-0.3, -0.25) is 4.79 Å². The molecule has 0 saturated heterocycles. The smallest absolute Gasteiger partial charge is 0.251 e. The third kappa shape index (κ3) is 3.18. The zero-order valence-electron chi connectivity index (χ0n) is 13.9. The molecule has 2 aromatic heterocycles. The molecule has 4 aromatic rings. The van der Waals surface area contributed by atoms with E-state index in [-0.39, 0.29) is 17.9 Å². The van der Waals surface area contributed by atoms with Crippen LogP contribution in [0.1, 0.15) is 5.56 Å². The van der Waals surface area contributed by atoms with E-state index in [2.05, 4.69) is 5.10 Å². The summed E-state index contributed by atoms with van der Waals surface area (Å²) >= 11 is 12.6. The lowest BCUT2D eigenvalue weighted by Crippen LogP contribution is -2.19. The lowest BCUT2D eigenvalue weighted by atomic mass is 10.2. The second-order valence-corrected chi connectivity index (χ2v) is 6.86. The van der Waals surface area contributed by atoms with E-state index in [1.54, 1.807) is 45.8 Å². The number of halogens is 3. The first-order valence-electron chi connectivity index (χ1n) is 8.01. The van der Waals surface area contributed by atoms with Crippen LogP contribution in [0.2, 0.25) is 10.0 Å². The van der Waals surface area contributed by atoms with Gasteiger partial charge in [-0.25, -0.2) is 9.07 Å². The number of rotatable bonds is 3. The summed E-state index contributed by atoms with van der Waals surface area (Å²) in [5.41, 5.74) is 8.55. The normalized spacial score (nSPS) is 11.2. The summed E-state index contributed by atoms with van der Waals surface area (Å²) in [4.78, 5) is 12.4. The highest BCUT2D eigenvalue weighted by molar-refractivity contribution is 6.38. The van der Waals surface area contributed by atoms with E-state index in [0.29, 0.717) is 32.5 Å². The number of anilines is 1. The van der Waals surface area contributed by atoms with Gasteiger partial charge in [0, 0.05) is 11.8 Å². The van der Waals surface area contributed by atoms with E-state index in [0.717, 1.165) is 5.56 Å². The van der Waals surface area contributed by atoms with Gasteiger partial charge >= 0.3 is 0 Å². The molecule has 0 unspecified atom stereocenters. The molecule has 2 aromatic carbocycles. The van der Waals surface area contributed by atoms with E-state index >= 15 is 0 Å². The van der Waals surface area contributed by atoms with Gasteiger partial charge in [0.05, 0.1) is 33.8 Å². The van der Waals surface area contributed by atoms with E-state index in [9.17, 15) is 9.18 Å². The van der Waals surface area contributed by atoms with Crippen LogP contribution in [0.5, 0.6) is 0 Å². The van der Waals surface area contributed by atoms with E-state index in [1.165, 1.54) is 18.2 Å². The highest BCUT2D eigenvalue weighted by atomic mass is 35.5. The molecule has 136 valence electrons. The zero-order chi connectivity index (χ0) is 19.1. The minimum atomic E-state index is -0.329. The first kappa shape index (κ1) is 17.6. The van der Waals surface area contributed by atoms with E-state index in [1.807, 2.05) is 0 Å². The van der Waals surface area contributed by atoms with Crippen LogP contribution in [0.4, 0.5) is 10.1 Å². The van der Waals surface area contributed by atoms with E-state index < -0.39 is 0 Å². The van der Waals surface area contributed by atoms with Crippen molar-refractivity contribution in [1.29, 1.82) is 0 Å². The summed E-state index contributed by atoms with van der Waals surface area (Å²) in [5, 5.41) is 5.06. The second kappa shape index (κ2) is 6.72. The number of aromatic nitrogens is 3. The number of nitrogen functional groups attached to an aromatic ring is 1. The number of hydrogen-bond donors (Lipinski definition) is 1. The lowest BCUT2D eigenvalue weighted by Gasteiger charge is -2.11. The molecule has 0 saturated carbocycles. The number of pyridine rings is 1. The van der Waals surface area contributed by atoms with Crippen molar-refractivity contribution >= 4 is 39.9 Å². The van der Waals surface area contributed by atoms with E-state index in [4.69, 9.17) is 28.9 Å². The Balaban J connectivity index is 1.88. The van der Waals surface area contributed by atoms with Crippen LogP contribution in [0.15, 0.2) is 59.5 Å². The predicted octanol–water partition coefficient (Wildman–Crippen LogP) is 4.26. The standard InChI is InChI=1S/C19H13Cl2FN4O/c20-14-7-13(23)8-15(21)19(14)26-16-5-6-18(27)25(17(16)9-24-26)10-11-1-3-12(22)4-2-11/h1-9H,10,23H2. The van der Waals surface area contributed by atoms with Gasteiger partial charge in [-0.15, -0.1) is 0 Å². The fraction of sp³-hybridized carbons (Fsp3) is 0.0526. The second-order valence-electron chi connectivity index (χ2n) is 6.04. The monoisotopic (exact) mass is 402 g/mol. The molecular weight excluding hydrogens is 390 g/mol. The number of nitrogens with two attached hydrogens (primary N) is 1. The Kier molecular flexibility index (Phi) is 4.37. The van der Waals surface area contributed by atoms with Gasteiger partial charge in [0.25, 0.3) is 5.56 Å². The molecule has 4 rings (SSSR count). The van der Waals surface area contributed by atoms with Gasteiger partial charge < -0.3 is 10.3 Å². The molecule has 0 radical (unpaired) electrons. The molecule has 0 spiro atoms. The minimum absolute atomic E-state index is 0.194. The molecular formula is C19H13Cl2FN4O. The summed E-state index contributed by atoms with van der Waals surface area (Å²) in [5.74, 6) is -0.329. The van der Waals surface area contributed by atoms with Gasteiger partial charge in [0.2, 0.25) is 0 Å². The van der Waals surface area contributed by atoms with Crippen molar-refractivity contribution in [2.45, 2.75) is 6.54 Å². The van der Waals surface area contributed by atoms with Crippen LogP contribution >= 0.6 is 23.2 Å². The fourth-order valence-electron chi connectivity index (χ4n) is 2.97. The topological polar surface area (TPSA) is 65.8 Å². The summed E-state index contributed by atoms with van der Waals surface area (Å²) < 4.78 is 16.3. The van der Waals surface area contributed by atoms with Crippen molar-refractivity contribution in [3.8, 4) is 5.69 Å². The van der Waals surface area contributed by atoms with Crippen LogP contribution in [-0.4, -0.2) is 14.3 Å². The molecule has 0 aliphatic heterocycles. The van der Waals surface area contributed by atoms with Gasteiger partial charge in [-0.1, -0.05) is 35.3 Å². The molecule has 0 fully saturated rings. The van der Waals surface area contributed by atoms with Crippen LogP contribution in [0.3, 0.4) is 0 Å². The third-order valence-electron chi connectivity index (χ3n) is 4.23. The molecule has 0 amide bonds. The number of hydrogen-bond acceptors (Lipinski definition) is 3. The molecule has 5 nitrogen and oxygen atoms in total. The highest BCUT2D eigenvalue weighted by Gasteiger charge is 2.16. The Morgan fingerprint density at radius 2 is 1.67 bits per heavy atom. The first-order chi connectivity index (χ1) is 12.9. The maximum absolute atomic E-state index is 13.1. The Morgan fingerprint density at radius 1 is 1.00 bits per heavy atom. The maximum Gasteiger partial charge on any atom is 0.251 e. The van der Waals surface area contributed by atoms with Gasteiger partial charge in [0.15, 0.2) is 0 Å². The SMILES string of the molecule is Nc1cc(Cl)c(-n2ncc3c2ccc(=O)n3Cc2ccc(F)cc2)c(Cl)c1. The molecule has 27 heavy (non-hydrogen) atoms. The van der Waals surface area contributed by atoms with Crippen molar-refractivity contribution in [3.63, 3.8) is 0 Å². The Hall–Kier alpha value is -2.83. The number of fused-ring (bicyclic) bond motifs is 1. The molecule has 0 bridgehead atoms. The Morgan fingerprint density at radius 3 is 2.33 bits per heavy atom. The van der Waals surface area contributed by atoms with Crippen molar-refractivity contribution in [3.05, 3.63) is 86.5 Å². The number of nitrogens with zero attached hydrogens (tertiary/aromatic N) is 3. The summed E-state index contributed by atoms with van der Waals surface area (Å²) in [7, 11) is 0. The van der Waals surface area contributed by atoms with Gasteiger partial charge in [-0.2, -0.15) is 5.10 Å². The average molecular weight is 403 g/mol. The third-order valence-corrected chi connectivity index (χ3v) is 4.81. The maximum atomic E-state index is 13.1. The molecule has 0 aliphatic carbocycles. The van der Waals surface area contributed by atoms with Crippen molar-refractivity contribution in [1.82, 2.24) is 14.3 Å². The van der Waals surface area contributed by atoms with Crippen molar-refractivity contribution in [2.24, 2.45) is 0 Å². The van der Waals surface area contributed by atoms with Crippen LogP contribution in [0, 0.1) is 5.82 Å². The molecule has 2 heterocycles. The first-order valence-corrected chi connectivity index (χ1v) is 8.76. The fourth-order valence-corrected chi connectivity index (χ4v) is 3.64. The summed E-state index contributed by atoms with van der Waals surface area (Å²) in [6, 6.07) is 12.3. The average Bonchev–Trinajstić information content (AvgIpc) is 3.02. The van der Waals surface area contributed by atoms with Crippen LogP contribution < -0.4 is 11.3 Å². The highest BCUT2D eigenvalue weighted by Crippen LogP contribution is 2.32. The minimum Gasteiger partial charge on any atom is -0.399 e. The quantitative estimate of drug-likeness (QED) is 0.520. The molecule has 2 N–H and O–H groups in total. The number of benzene rings is 2. The van der Waals surface area contributed by atoms with Crippen LogP contribution in [-0.2, 0) is 6.54 Å². The molecule has 0 aliphatic rings. The Labute approximate surface area is 163 Å². The van der Waals surface area contributed by atoms with Crippen LogP contribution in [0.25, 0.3) is 16.7 Å². The summed E-state index contributed by atoms with van der Waals surface area (Å²) in [6.45, 7) is 0.283. The van der Waals surface area contributed by atoms with Crippen molar-refractivity contribution < 1.29 is 4.39 Å². The summed E-state index contributed by atoms with van der Waals surface area (Å²) in [6.07, 6.45) is 1.57. The predicted molar refractivity (Wildman–Crippen MR) is 105 cm³/mol. The van der Waals surface area contributed by atoms with Gasteiger partial charge in [-0.05, 0) is 35.9 Å². The zero-order valence-corrected chi connectivity index (χ0v) is 15.4. The van der Waals surface area contributed by atoms with Gasteiger partial charge in [0.1, 0.15) is 11.5 Å². The van der Waals surface area contributed by atoms with Crippen molar-refractivity contribution in [2.75, 3.05) is 5.73 Å². The molecule has 8 heteroatoms. The lowest BCUT2D eigenvalue weighted by molar-refractivity contribution is 0.626. The Bertz CT molecular complexity index is 1190.